The van der Waals surface area contributed by atoms with Gasteiger partial charge in [-0.05, 0) is 69.1 Å². The highest BCUT2D eigenvalue weighted by Crippen LogP contribution is 2.40. The molecule has 0 bridgehead atoms. The number of ether oxygens (including phenoxy) is 4. The third kappa shape index (κ3) is 7.62. The monoisotopic (exact) mass is 548 g/mol. The Balaban J connectivity index is 1.27. The van der Waals surface area contributed by atoms with Crippen LogP contribution in [-0.2, 0) is 25.1 Å². The highest BCUT2D eigenvalue weighted by Gasteiger charge is 2.41. The van der Waals surface area contributed by atoms with Gasteiger partial charge in [-0.3, -0.25) is 0 Å². The molecule has 0 N–H and O–H groups in total. The van der Waals surface area contributed by atoms with Crippen LogP contribution >= 0.6 is 11.8 Å². The molecule has 4 rings (SSSR count). The zero-order chi connectivity index (χ0) is 26.4. The molecule has 9 heteroatoms. The summed E-state index contributed by atoms with van der Waals surface area (Å²) in [6.45, 7) is 5.25. The predicted molar refractivity (Wildman–Crippen MR) is 136 cm³/mol. The average Bonchev–Trinajstić information content (AvgIpc) is 2.90. The van der Waals surface area contributed by atoms with Crippen molar-refractivity contribution in [3.8, 4) is 0 Å². The molecule has 210 valence electrons. The first kappa shape index (κ1) is 29.1. The van der Waals surface area contributed by atoms with Crippen LogP contribution in [0.25, 0.3) is 0 Å². The lowest BCUT2D eigenvalue weighted by atomic mass is 9.86. The van der Waals surface area contributed by atoms with Gasteiger partial charge in [-0.15, -0.1) is 0 Å². The summed E-state index contributed by atoms with van der Waals surface area (Å²) in [6.07, 6.45) is 2.48. The second-order valence-electron chi connectivity index (χ2n) is 10.6. The maximum Gasteiger partial charge on any atom is 0.386 e. The van der Waals surface area contributed by atoms with Crippen LogP contribution < -0.4 is 0 Å². The van der Waals surface area contributed by atoms with E-state index in [1.54, 1.807) is 0 Å². The number of halogens is 4. The smallest absolute Gasteiger partial charge is 0.378 e. The highest BCUT2D eigenvalue weighted by atomic mass is 32.2. The van der Waals surface area contributed by atoms with Crippen molar-refractivity contribution in [1.29, 1.82) is 0 Å². The summed E-state index contributed by atoms with van der Waals surface area (Å²) < 4.78 is 81.5. The van der Waals surface area contributed by atoms with Crippen molar-refractivity contribution in [2.45, 2.75) is 101 Å². The van der Waals surface area contributed by atoms with E-state index in [-0.39, 0.29) is 30.8 Å². The Bertz CT molecular complexity index is 849. The van der Waals surface area contributed by atoms with Crippen molar-refractivity contribution in [3.05, 3.63) is 34.9 Å². The lowest BCUT2D eigenvalue weighted by Gasteiger charge is -2.33. The minimum Gasteiger partial charge on any atom is -0.378 e. The van der Waals surface area contributed by atoms with Crippen molar-refractivity contribution < 1.29 is 36.5 Å². The summed E-state index contributed by atoms with van der Waals surface area (Å²) in [5.74, 6) is -1.39. The molecule has 1 aromatic rings. The Morgan fingerprint density at radius 3 is 2.14 bits per heavy atom. The van der Waals surface area contributed by atoms with Gasteiger partial charge in [-0.25, -0.2) is 8.78 Å². The van der Waals surface area contributed by atoms with E-state index in [4.69, 9.17) is 18.9 Å². The van der Waals surface area contributed by atoms with E-state index >= 15 is 0 Å². The van der Waals surface area contributed by atoms with Gasteiger partial charge in [0.25, 0.3) is 0 Å². The van der Waals surface area contributed by atoms with Gasteiger partial charge < -0.3 is 18.9 Å². The Kier molecular flexibility index (Phi) is 10.6. The average molecular weight is 549 g/mol. The summed E-state index contributed by atoms with van der Waals surface area (Å²) in [4.78, 5) is 0. The molecule has 3 aliphatic rings. The van der Waals surface area contributed by atoms with Crippen LogP contribution in [0.5, 0.6) is 0 Å². The first-order valence-corrected chi connectivity index (χ1v) is 14.9. The molecule has 3 fully saturated rings. The van der Waals surface area contributed by atoms with Crippen LogP contribution in [0, 0.1) is 23.5 Å². The Morgan fingerprint density at radius 1 is 0.865 bits per heavy atom. The quantitative estimate of drug-likeness (QED) is 0.280. The van der Waals surface area contributed by atoms with Gasteiger partial charge in [-0.1, -0.05) is 26.3 Å². The van der Waals surface area contributed by atoms with Crippen LogP contribution in [0.4, 0.5) is 17.6 Å². The van der Waals surface area contributed by atoms with Gasteiger partial charge in [0.15, 0.2) is 17.9 Å². The maximum atomic E-state index is 14.9. The number of alkyl halides is 2. The van der Waals surface area contributed by atoms with E-state index in [0.29, 0.717) is 25.4 Å². The van der Waals surface area contributed by atoms with Crippen molar-refractivity contribution in [1.82, 2.24) is 0 Å². The number of hydrogen-bond donors (Lipinski definition) is 0. The molecule has 0 atom stereocenters. The molecule has 0 aromatic heterocycles. The molecule has 0 spiro atoms. The van der Waals surface area contributed by atoms with Crippen LogP contribution in [0.1, 0.15) is 89.1 Å². The van der Waals surface area contributed by atoms with Crippen LogP contribution in [0.3, 0.4) is 0 Å². The summed E-state index contributed by atoms with van der Waals surface area (Å²) >= 11 is 2.01. The van der Waals surface area contributed by atoms with E-state index < -0.39 is 35.7 Å². The van der Waals surface area contributed by atoms with E-state index in [1.165, 1.54) is 0 Å². The molecule has 37 heavy (non-hydrogen) atoms. The van der Waals surface area contributed by atoms with E-state index in [0.717, 1.165) is 68.1 Å². The molecule has 0 unspecified atom stereocenters. The second kappa shape index (κ2) is 13.5. The molecule has 0 radical (unpaired) electrons. The zero-order valence-corrected chi connectivity index (χ0v) is 22.7. The van der Waals surface area contributed by atoms with Gasteiger partial charge >= 0.3 is 6.11 Å². The topological polar surface area (TPSA) is 36.9 Å². The Morgan fingerprint density at radius 2 is 1.51 bits per heavy atom. The number of benzene rings is 1. The van der Waals surface area contributed by atoms with Crippen molar-refractivity contribution in [2.75, 3.05) is 25.6 Å². The second-order valence-corrected chi connectivity index (χ2v) is 12.1. The summed E-state index contributed by atoms with van der Waals surface area (Å²) in [7, 11) is 0. The van der Waals surface area contributed by atoms with Crippen molar-refractivity contribution in [2.24, 2.45) is 11.8 Å². The van der Waals surface area contributed by atoms with Gasteiger partial charge in [0.05, 0.1) is 37.6 Å². The van der Waals surface area contributed by atoms with E-state index in [2.05, 4.69) is 13.8 Å². The van der Waals surface area contributed by atoms with E-state index in [1.807, 2.05) is 11.8 Å². The van der Waals surface area contributed by atoms with Crippen LogP contribution in [-0.4, -0.2) is 43.0 Å². The van der Waals surface area contributed by atoms with Gasteiger partial charge in [0, 0.05) is 16.7 Å². The SMILES string of the molecule is CCSC1CCC(OCC2COC(c3ccc(C(F)(F)OC4CCC(CC)CC4)c(F)c3F)OC2)CC1. The molecule has 1 heterocycles. The fourth-order valence-corrected chi connectivity index (χ4v) is 6.67. The molecular weight excluding hydrogens is 508 g/mol. The van der Waals surface area contributed by atoms with Crippen LogP contribution in [0.15, 0.2) is 12.1 Å². The lowest BCUT2D eigenvalue weighted by Crippen LogP contribution is -2.33. The normalized spacial score (nSPS) is 31.4. The number of hydrogen-bond acceptors (Lipinski definition) is 5. The summed E-state index contributed by atoms with van der Waals surface area (Å²) in [6, 6.07) is 1.98. The van der Waals surface area contributed by atoms with Gasteiger partial charge in [0.2, 0.25) is 0 Å². The predicted octanol–water partition coefficient (Wildman–Crippen LogP) is 7.74. The number of rotatable bonds is 10. The molecule has 2 saturated carbocycles. The standard InChI is InChI=1S/C28H40F4O4S/c1-3-18-5-7-21(8-6-18)36-28(31,32)24-14-13-23(25(29)26(24)30)27-34-16-19(17-35-27)15-33-20-9-11-22(12-10-20)37-4-2/h13-14,18-22,27H,3-12,15-17H2,1-2H3. The lowest BCUT2D eigenvalue weighted by molar-refractivity contribution is -0.279. The Hall–Kier alpha value is -0.870. The summed E-state index contributed by atoms with van der Waals surface area (Å²) in [5, 5.41) is 0.723. The maximum absolute atomic E-state index is 14.9. The third-order valence-electron chi connectivity index (χ3n) is 7.92. The molecule has 4 nitrogen and oxygen atoms in total. The first-order valence-electron chi connectivity index (χ1n) is 13.8. The molecule has 1 aromatic carbocycles. The molecule has 0 amide bonds. The van der Waals surface area contributed by atoms with Gasteiger partial charge in [0.1, 0.15) is 0 Å². The largest absolute Gasteiger partial charge is 0.386 e. The van der Waals surface area contributed by atoms with Crippen molar-refractivity contribution >= 4 is 11.8 Å². The highest BCUT2D eigenvalue weighted by molar-refractivity contribution is 7.99. The van der Waals surface area contributed by atoms with Crippen molar-refractivity contribution in [3.63, 3.8) is 0 Å². The fourth-order valence-electron chi connectivity index (χ4n) is 5.59. The fraction of sp³-hybridized carbons (Fsp3) is 0.786. The molecule has 1 saturated heterocycles. The zero-order valence-electron chi connectivity index (χ0n) is 21.9. The third-order valence-corrected chi connectivity index (χ3v) is 9.20. The Labute approximate surface area is 222 Å². The van der Waals surface area contributed by atoms with Gasteiger partial charge in [-0.2, -0.15) is 20.5 Å². The van der Waals surface area contributed by atoms with E-state index in [9.17, 15) is 17.6 Å². The summed E-state index contributed by atoms with van der Waals surface area (Å²) in [5.41, 5.74) is -1.33. The molecule has 1 aliphatic heterocycles. The first-order chi connectivity index (χ1) is 17.8. The molecular formula is C28H40F4O4S. The van der Waals surface area contributed by atoms with Crippen LogP contribution in [0.2, 0.25) is 0 Å². The minimum atomic E-state index is -3.92. The molecule has 2 aliphatic carbocycles. The number of thioether (sulfide) groups is 1. The minimum absolute atomic E-state index is 0.0216.